The monoisotopic (exact) mass is 286 g/mol. The van der Waals surface area contributed by atoms with Gasteiger partial charge in [0.05, 0.1) is 0 Å². The molecule has 0 amide bonds. The summed E-state index contributed by atoms with van der Waals surface area (Å²) in [5.41, 5.74) is 0. The van der Waals surface area contributed by atoms with Crippen molar-refractivity contribution in [3.8, 4) is 0 Å². The first kappa shape index (κ1) is 30.8. The second-order valence-electron chi connectivity index (χ2n) is 1.23. The summed E-state index contributed by atoms with van der Waals surface area (Å²) in [5, 5.41) is 0. The zero-order chi connectivity index (χ0) is 8.62. The third-order valence-electron chi connectivity index (χ3n) is 0.408. The van der Waals surface area contributed by atoms with Crippen molar-refractivity contribution in [3.63, 3.8) is 0 Å². The first-order valence-corrected chi connectivity index (χ1v) is 4.18. The molecule has 0 spiro atoms. The van der Waals surface area contributed by atoms with Crippen LogP contribution in [0.5, 0.6) is 0 Å². The van der Waals surface area contributed by atoms with Crippen LogP contribution in [0.3, 0.4) is 0 Å². The smallest absolute Gasteiger partial charge is 0.822 e. The second-order valence-corrected chi connectivity index (χ2v) is 2.12. The Labute approximate surface area is 207 Å². The van der Waals surface area contributed by atoms with Crippen LogP contribution in [0.25, 0.3) is 0 Å². The van der Waals surface area contributed by atoms with Crippen LogP contribution in [0.2, 0.25) is 0 Å². The number of ether oxygens (including phenoxy) is 1. The molecule has 0 heterocycles. The van der Waals surface area contributed by atoms with E-state index < -0.39 is 7.82 Å². The summed E-state index contributed by atoms with van der Waals surface area (Å²) in [6.45, 7) is 5.67. The molecule has 64 valence electrons. The van der Waals surface area contributed by atoms with Crippen molar-refractivity contribution in [2.45, 2.75) is 13.8 Å². The molecule has 0 aromatic rings. The molecule has 0 unspecified atom stereocenters. The van der Waals surface area contributed by atoms with Crippen LogP contribution in [0.15, 0.2) is 0 Å². The van der Waals surface area contributed by atoms with Gasteiger partial charge in [-0.15, -0.1) is 0 Å². The predicted molar refractivity (Wildman–Crippen MR) is 29.8 cm³/mol. The molecule has 0 aliphatic rings. The molecule has 0 atom stereocenters. The molecule has 0 saturated heterocycles. The van der Waals surface area contributed by atoms with Gasteiger partial charge >= 0.3 is 154 Å². The summed E-state index contributed by atoms with van der Waals surface area (Å²) in [7, 11) is -5.39. The standard InChI is InChI=1S/C4H10O.3K.H3O4P/c1-3-5-4-2;;;;1-5(2,3)4/h3-4H2,1-2H3;;;;(H3,1,2,3,4)/q;3*+1;/p-3. The molecule has 13 heavy (non-hydrogen) atoms. The summed E-state index contributed by atoms with van der Waals surface area (Å²) in [6.07, 6.45) is 0. The molecule has 0 rings (SSSR count). The van der Waals surface area contributed by atoms with Crippen molar-refractivity contribution >= 4 is 7.82 Å². The van der Waals surface area contributed by atoms with Gasteiger partial charge in [0.1, 0.15) is 0 Å². The van der Waals surface area contributed by atoms with E-state index in [0.717, 1.165) is 13.2 Å². The molecule has 0 N–H and O–H groups in total. The first-order chi connectivity index (χ1) is 4.41. The summed E-state index contributed by atoms with van der Waals surface area (Å²) >= 11 is 0. The molecular weight excluding hydrogens is 276 g/mol. The molecule has 0 saturated carbocycles. The van der Waals surface area contributed by atoms with Gasteiger partial charge in [0.2, 0.25) is 0 Å². The average Bonchev–Trinajstić information content (AvgIpc) is 1.63. The molecule has 0 aliphatic heterocycles. The largest absolute Gasteiger partial charge is 1.00 e. The molecule has 0 radical (unpaired) electrons. The molecule has 0 aromatic heterocycles. The van der Waals surface area contributed by atoms with Gasteiger partial charge in [0.15, 0.2) is 0 Å². The summed E-state index contributed by atoms with van der Waals surface area (Å²) in [6, 6.07) is 0. The maximum absolute atomic E-state index is 8.55. The zero-order valence-corrected chi connectivity index (χ0v) is 19.2. The Kier molecular flexibility index (Phi) is 52.5. The van der Waals surface area contributed by atoms with Crippen LogP contribution in [0.1, 0.15) is 13.8 Å². The van der Waals surface area contributed by atoms with Gasteiger partial charge in [-0.2, -0.15) is 7.82 Å². The van der Waals surface area contributed by atoms with Crippen molar-refractivity contribution in [2.24, 2.45) is 0 Å². The Bertz CT molecular complexity index is 97.7. The fourth-order valence-corrected chi connectivity index (χ4v) is 0.204. The Hall–Kier alpha value is 4.98. The van der Waals surface area contributed by atoms with Crippen molar-refractivity contribution in [1.82, 2.24) is 0 Å². The van der Waals surface area contributed by atoms with Gasteiger partial charge in [0, 0.05) is 13.2 Å². The number of hydrogen-bond donors (Lipinski definition) is 0. The van der Waals surface area contributed by atoms with E-state index in [-0.39, 0.29) is 154 Å². The molecule has 0 aromatic carbocycles. The van der Waals surface area contributed by atoms with Gasteiger partial charge < -0.3 is 24.0 Å². The number of rotatable bonds is 2. The average molecular weight is 286 g/mol. The number of hydrogen-bond acceptors (Lipinski definition) is 5. The van der Waals surface area contributed by atoms with Gasteiger partial charge in [-0.25, -0.2) is 0 Å². The zero-order valence-electron chi connectivity index (χ0n) is 8.90. The van der Waals surface area contributed by atoms with E-state index in [1.165, 1.54) is 0 Å². The summed E-state index contributed by atoms with van der Waals surface area (Å²) in [5.74, 6) is 0. The SMILES string of the molecule is CCOCC.O=P([O-])([O-])[O-].[K+].[K+].[K+]. The van der Waals surface area contributed by atoms with Crippen LogP contribution >= 0.6 is 7.82 Å². The van der Waals surface area contributed by atoms with Crippen molar-refractivity contribution in [2.75, 3.05) is 13.2 Å². The minimum absolute atomic E-state index is 0. The Morgan fingerprint density at radius 1 is 1.00 bits per heavy atom. The van der Waals surface area contributed by atoms with E-state index in [1.807, 2.05) is 13.8 Å². The normalized spacial score (nSPS) is 7.77. The van der Waals surface area contributed by atoms with E-state index in [4.69, 9.17) is 24.0 Å². The predicted octanol–water partition coefficient (Wildman–Crippen LogP) is -10.8. The minimum atomic E-state index is -5.39. The Morgan fingerprint density at radius 2 is 1.15 bits per heavy atom. The minimum Gasteiger partial charge on any atom is -0.822 e. The maximum Gasteiger partial charge on any atom is 1.00 e. The number of phosphoric acid groups is 1. The molecule has 5 nitrogen and oxygen atoms in total. The molecule has 0 fully saturated rings. The van der Waals surface area contributed by atoms with Crippen LogP contribution in [-0.4, -0.2) is 13.2 Å². The fourth-order valence-electron chi connectivity index (χ4n) is 0.204. The maximum atomic E-state index is 8.55. The topological polar surface area (TPSA) is 95.5 Å². The third-order valence-corrected chi connectivity index (χ3v) is 0.408. The van der Waals surface area contributed by atoms with Crippen LogP contribution in [0, 0.1) is 0 Å². The molecule has 0 aliphatic carbocycles. The van der Waals surface area contributed by atoms with E-state index >= 15 is 0 Å². The van der Waals surface area contributed by atoms with E-state index in [2.05, 4.69) is 0 Å². The quantitative estimate of drug-likeness (QED) is 0.371. The summed E-state index contributed by atoms with van der Waals surface area (Å²) in [4.78, 5) is 25.6. The third kappa shape index (κ3) is 78.2. The Balaban J connectivity index is -0.0000000267. The van der Waals surface area contributed by atoms with Crippen LogP contribution < -0.4 is 169 Å². The van der Waals surface area contributed by atoms with E-state index in [9.17, 15) is 0 Å². The van der Waals surface area contributed by atoms with Gasteiger partial charge in [-0.3, -0.25) is 0 Å². The van der Waals surface area contributed by atoms with Crippen molar-refractivity contribution < 1.29 is 178 Å². The summed E-state index contributed by atoms with van der Waals surface area (Å²) < 4.78 is 13.4. The van der Waals surface area contributed by atoms with E-state index in [0.29, 0.717) is 0 Å². The Morgan fingerprint density at radius 3 is 1.15 bits per heavy atom. The fraction of sp³-hybridized carbons (Fsp3) is 1.00. The van der Waals surface area contributed by atoms with Crippen LogP contribution in [0.4, 0.5) is 0 Å². The van der Waals surface area contributed by atoms with Gasteiger partial charge in [-0.05, 0) is 13.8 Å². The van der Waals surface area contributed by atoms with Gasteiger partial charge in [-0.1, -0.05) is 0 Å². The second kappa shape index (κ2) is 22.2. The van der Waals surface area contributed by atoms with Gasteiger partial charge in [0.25, 0.3) is 0 Å². The molecular formula is C4H10K3O5P. The molecule has 0 bridgehead atoms. The van der Waals surface area contributed by atoms with E-state index in [1.54, 1.807) is 0 Å². The van der Waals surface area contributed by atoms with Crippen molar-refractivity contribution in [3.05, 3.63) is 0 Å². The first-order valence-electron chi connectivity index (χ1n) is 2.72. The van der Waals surface area contributed by atoms with Crippen LogP contribution in [-0.2, 0) is 9.30 Å². The molecule has 9 heteroatoms. The van der Waals surface area contributed by atoms with Crippen molar-refractivity contribution in [1.29, 1.82) is 0 Å².